The number of unbranched alkanes of at least 4 members (excludes halogenated alkanes) is 15. The lowest BCUT2D eigenvalue weighted by Gasteiger charge is -2.09. The highest BCUT2D eigenvalue weighted by Crippen LogP contribution is 2.24. The lowest BCUT2D eigenvalue weighted by atomic mass is 10.0. The van der Waals surface area contributed by atoms with Gasteiger partial charge in [0.25, 0.3) is 0 Å². The standard InChI is InChI=1S/C24H44N2O.C9H12N2O2/c1-2-3-4-5-6-7-8-9-10-11-12-13-14-15-16-17-20-27-24-19-18-22(25)21-23(24)26;1-2-13-9(12)7-4-3-6(10)5-8(7)11/h18-19,21H,2-17,20,25-26H2,1H3;3-5H,2,10-11H2,1H3. The van der Waals surface area contributed by atoms with Crippen LogP contribution in [-0.2, 0) is 4.74 Å². The van der Waals surface area contributed by atoms with Gasteiger partial charge in [0.15, 0.2) is 0 Å². The molecule has 226 valence electrons. The van der Waals surface area contributed by atoms with E-state index in [1.807, 2.05) is 12.1 Å². The molecule has 0 saturated carbocycles. The van der Waals surface area contributed by atoms with Crippen LogP contribution < -0.4 is 27.7 Å². The molecule has 0 aliphatic heterocycles. The number of rotatable bonds is 20. The molecule has 2 rings (SSSR count). The highest BCUT2D eigenvalue weighted by atomic mass is 16.5. The molecule has 2 aromatic rings. The predicted molar refractivity (Wildman–Crippen MR) is 172 cm³/mol. The van der Waals surface area contributed by atoms with Crippen molar-refractivity contribution in [1.82, 2.24) is 0 Å². The molecule has 0 saturated heterocycles. The molecule has 0 aliphatic rings. The summed E-state index contributed by atoms with van der Waals surface area (Å²) in [6.07, 6.45) is 22.2. The van der Waals surface area contributed by atoms with E-state index in [0.717, 1.165) is 18.8 Å². The number of nitrogens with two attached hydrogens (primary N) is 4. The number of hydrogen-bond acceptors (Lipinski definition) is 7. The van der Waals surface area contributed by atoms with E-state index in [0.29, 0.717) is 34.9 Å². The van der Waals surface area contributed by atoms with Gasteiger partial charge in [-0.2, -0.15) is 0 Å². The van der Waals surface area contributed by atoms with E-state index in [1.165, 1.54) is 102 Å². The number of anilines is 4. The van der Waals surface area contributed by atoms with Gasteiger partial charge in [0.05, 0.1) is 24.5 Å². The Kier molecular flexibility index (Phi) is 19.8. The normalized spacial score (nSPS) is 10.6. The van der Waals surface area contributed by atoms with E-state index in [9.17, 15) is 4.79 Å². The molecule has 0 heterocycles. The maximum atomic E-state index is 11.2. The highest BCUT2D eigenvalue weighted by Gasteiger charge is 2.09. The molecule has 0 amide bonds. The van der Waals surface area contributed by atoms with Crippen LogP contribution in [0.15, 0.2) is 36.4 Å². The Morgan fingerprint density at radius 1 is 0.600 bits per heavy atom. The first-order valence-electron chi connectivity index (χ1n) is 15.5. The summed E-state index contributed by atoms with van der Waals surface area (Å²) in [5.41, 5.74) is 25.2. The van der Waals surface area contributed by atoms with Crippen molar-refractivity contribution >= 4 is 28.7 Å². The molecule has 0 aromatic heterocycles. The van der Waals surface area contributed by atoms with Gasteiger partial charge in [-0.3, -0.25) is 0 Å². The van der Waals surface area contributed by atoms with Gasteiger partial charge in [-0.1, -0.05) is 103 Å². The summed E-state index contributed by atoms with van der Waals surface area (Å²) in [4.78, 5) is 11.2. The number of hydrogen-bond donors (Lipinski definition) is 4. The number of ether oxygens (including phenoxy) is 2. The Bertz CT molecular complexity index is 936. The first-order chi connectivity index (χ1) is 19.4. The molecule has 0 fully saturated rings. The Morgan fingerprint density at radius 3 is 1.50 bits per heavy atom. The monoisotopic (exact) mass is 556 g/mol. The Labute approximate surface area is 243 Å². The fourth-order valence-electron chi connectivity index (χ4n) is 4.51. The Hall–Kier alpha value is -3.09. The average Bonchev–Trinajstić information content (AvgIpc) is 2.92. The maximum Gasteiger partial charge on any atom is 0.340 e. The van der Waals surface area contributed by atoms with Crippen LogP contribution in [0.25, 0.3) is 0 Å². The van der Waals surface area contributed by atoms with E-state index in [-0.39, 0.29) is 0 Å². The SMILES string of the molecule is CCCCCCCCCCCCCCCCCCOc1ccc(N)cc1N.CCOC(=O)c1ccc(N)cc1N. The third kappa shape index (κ3) is 16.8. The lowest BCUT2D eigenvalue weighted by Crippen LogP contribution is -2.08. The smallest absolute Gasteiger partial charge is 0.340 e. The van der Waals surface area contributed by atoms with Crippen LogP contribution in [0.1, 0.15) is 127 Å². The topological polar surface area (TPSA) is 140 Å². The van der Waals surface area contributed by atoms with Gasteiger partial charge < -0.3 is 32.4 Å². The highest BCUT2D eigenvalue weighted by molar-refractivity contribution is 5.95. The molecule has 0 unspecified atom stereocenters. The van der Waals surface area contributed by atoms with Crippen molar-refractivity contribution in [2.24, 2.45) is 0 Å². The largest absolute Gasteiger partial charge is 0.491 e. The van der Waals surface area contributed by atoms with E-state index < -0.39 is 5.97 Å². The third-order valence-corrected chi connectivity index (χ3v) is 6.86. The van der Waals surface area contributed by atoms with Crippen molar-refractivity contribution in [2.75, 3.05) is 36.1 Å². The van der Waals surface area contributed by atoms with Crippen molar-refractivity contribution in [3.8, 4) is 5.75 Å². The van der Waals surface area contributed by atoms with E-state index in [2.05, 4.69) is 6.92 Å². The van der Waals surface area contributed by atoms with Crippen molar-refractivity contribution < 1.29 is 14.3 Å². The van der Waals surface area contributed by atoms with Crippen LogP contribution in [0.3, 0.4) is 0 Å². The second-order valence-corrected chi connectivity index (χ2v) is 10.5. The number of nitrogen functional groups attached to an aromatic ring is 4. The lowest BCUT2D eigenvalue weighted by molar-refractivity contribution is 0.0527. The summed E-state index contributed by atoms with van der Waals surface area (Å²) in [7, 11) is 0. The molecule has 8 N–H and O–H groups in total. The molecule has 0 radical (unpaired) electrons. The van der Waals surface area contributed by atoms with E-state index in [1.54, 1.807) is 25.1 Å². The molecule has 0 atom stereocenters. The zero-order valence-corrected chi connectivity index (χ0v) is 25.2. The van der Waals surface area contributed by atoms with E-state index in [4.69, 9.17) is 32.4 Å². The molecular formula is C33H56N4O3. The van der Waals surface area contributed by atoms with Crippen molar-refractivity contribution in [2.45, 2.75) is 117 Å². The van der Waals surface area contributed by atoms with Gasteiger partial charge in [-0.25, -0.2) is 4.79 Å². The zero-order chi connectivity index (χ0) is 29.4. The minimum atomic E-state index is -0.417. The first-order valence-corrected chi connectivity index (χ1v) is 15.5. The molecule has 7 heteroatoms. The van der Waals surface area contributed by atoms with Crippen LogP contribution in [0.2, 0.25) is 0 Å². The minimum absolute atomic E-state index is 0.336. The van der Waals surface area contributed by atoms with Crippen LogP contribution in [0.5, 0.6) is 5.75 Å². The van der Waals surface area contributed by atoms with Gasteiger partial charge in [-0.15, -0.1) is 0 Å². The molecule has 0 aliphatic carbocycles. The molecule has 0 bridgehead atoms. The average molecular weight is 557 g/mol. The van der Waals surface area contributed by atoms with Gasteiger partial charge in [0.1, 0.15) is 5.75 Å². The summed E-state index contributed by atoms with van der Waals surface area (Å²) in [5, 5.41) is 0. The zero-order valence-electron chi connectivity index (χ0n) is 25.2. The number of carbonyl (C=O) groups is 1. The van der Waals surface area contributed by atoms with Crippen molar-refractivity contribution in [3.63, 3.8) is 0 Å². The maximum absolute atomic E-state index is 11.2. The van der Waals surface area contributed by atoms with Crippen molar-refractivity contribution in [3.05, 3.63) is 42.0 Å². The minimum Gasteiger partial charge on any atom is -0.491 e. The van der Waals surface area contributed by atoms with E-state index >= 15 is 0 Å². The predicted octanol–water partition coefficient (Wildman–Crippen LogP) is 8.52. The van der Waals surface area contributed by atoms with Gasteiger partial charge >= 0.3 is 5.97 Å². The first kappa shape index (κ1) is 34.9. The number of esters is 1. The third-order valence-electron chi connectivity index (χ3n) is 6.86. The molecular weight excluding hydrogens is 500 g/mol. The van der Waals surface area contributed by atoms with Crippen LogP contribution in [-0.4, -0.2) is 19.2 Å². The molecule has 40 heavy (non-hydrogen) atoms. The van der Waals surface area contributed by atoms with Crippen LogP contribution in [0, 0.1) is 0 Å². The number of benzene rings is 2. The Morgan fingerprint density at radius 2 is 1.05 bits per heavy atom. The van der Waals surface area contributed by atoms with Crippen LogP contribution in [0.4, 0.5) is 22.7 Å². The fourth-order valence-corrected chi connectivity index (χ4v) is 4.51. The fraction of sp³-hybridized carbons (Fsp3) is 0.606. The van der Waals surface area contributed by atoms with Crippen molar-refractivity contribution in [1.29, 1.82) is 0 Å². The van der Waals surface area contributed by atoms with Gasteiger partial charge in [-0.05, 0) is 49.7 Å². The molecule has 7 nitrogen and oxygen atoms in total. The second-order valence-electron chi connectivity index (χ2n) is 10.5. The van der Waals surface area contributed by atoms with Gasteiger partial charge in [0, 0.05) is 17.1 Å². The summed E-state index contributed by atoms with van der Waals surface area (Å²) < 4.78 is 10.5. The second kappa shape index (κ2) is 22.7. The number of carbonyl (C=O) groups excluding carboxylic acids is 1. The molecule has 0 spiro atoms. The molecule has 2 aromatic carbocycles. The van der Waals surface area contributed by atoms with Gasteiger partial charge in [0.2, 0.25) is 0 Å². The Balaban J connectivity index is 0.000000512. The van der Waals surface area contributed by atoms with Crippen LogP contribution >= 0.6 is 0 Å². The summed E-state index contributed by atoms with van der Waals surface area (Å²) in [5.74, 6) is 0.338. The summed E-state index contributed by atoms with van der Waals surface area (Å²) >= 11 is 0. The quantitative estimate of drug-likeness (QED) is 0.0727. The summed E-state index contributed by atoms with van der Waals surface area (Å²) in [6.45, 7) is 5.11. The summed E-state index contributed by atoms with van der Waals surface area (Å²) in [6, 6.07) is 10.1.